The van der Waals surface area contributed by atoms with Crippen molar-refractivity contribution in [1.29, 1.82) is 0 Å². The standard InChI is InChI=1S/C19H13ClFN3O4/c20-14-10-12(6-8-15(14)21)7-9-17(26)27-11-16(25)22-19-24-23-18(28-19)13-4-2-1-3-5-13/h1-10H,11H2,(H,22,24,25)/b9-7+. The van der Waals surface area contributed by atoms with Crippen molar-refractivity contribution in [3.05, 3.63) is 71.0 Å². The Morgan fingerprint density at radius 2 is 1.96 bits per heavy atom. The van der Waals surface area contributed by atoms with Gasteiger partial charge < -0.3 is 9.15 Å². The molecule has 3 aromatic rings. The molecule has 1 aromatic heterocycles. The normalized spacial score (nSPS) is 10.8. The highest BCUT2D eigenvalue weighted by atomic mass is 35.5. The molecule has 0 aliphatic heterocycles. The van der Waals surface area contributed by atoms with Crippen LogP contribution < -0.4 is 5.32 Å². The van der Waals surface area contributed by atoms with Gasteiger partial charge in [-0.3, -0.25) is 10.1 Å². The first-order chi connectivity index (χ1) is 13.5. The zero-order chi connectivity index (χ0) is 19.9. The van der Waals surface area contributed by atoms with E-state index in [9.17, 15) is 14.0 Å². The van der Waals surface area contributed by atoms with Gasteiger partial charge in [0.25, 0.3) is 5.91 Å². The number of ether oxygens (including phenoxy) is 1. The number of aromatic nitrogens is 2. The van der Waals surface area contributed by atoms with Crippen LogP contribution in [0, 0.1) is 5.82 Å². The Kier molecular flexibility index (Phi) is 6.13. The molecule has 0 aliphatic rings. The summed E-state index contributed by atoms with van der Waals surface area (Å²) in [6.07, 6.45) is 2.48. The average Bonchev–Trinajstić information content (AvgIpc) is 3.16. The molecule has 0 atom stereocenters. The number of benzene rings is 2. The van der Waals surface area contributed by atoms with Gasteiger partial charge in [-0.1, -0.05) is 41.0 Å². The fraction of sp³-hybridized carbons (Fsp3) is 0.0526. The molecule has 0 saturated heterocycles. The van der Waals surface area contributed by atoms with Gasteiger partial charge in [-0.05, 0) is 35.9 Å². The molecule has 0 spiro atoms. The molecule has 9 heteroatoms. The van der Waals surface area contributed by atoms with Gasteiger partial charge in [0.05, 0.1) is 5.02 Å². The third-order valence-corrected chi connectivity index (χ3v) is 3.68. The van der Waals surface area contributed by atoms with Crippen LogP contribution in [-0.4, -0.2) is 28.7 Å². The van der Waals surface area contributed by atoms with E-state index in [1.54, 1.807) is 12.1 Å². The van der Waals surface area contributed by atoms with Crippen LogP contribution in [0.5, 0.6) is 0 Å². The second-order valence-electron chi connectivity index (χ2n) is 5.44. The number of nitrogens with one attached hydrogen (secondary N) is 1. The average molecular weight is 402 g/mol. The number of halogens is 2. The van der Waals surface area contributed by atoms with Crippen LogP contribution in [0.1, 0.15) is 5.56 Å². The molecule has 0 bridgehead atoms. The zero-order valence-corrected chi connectivity index (χ0v) is 15.0. The number of amides is 1. The maximum atomic E-state index is 13.1. The topological polar surface area (TPSA) is 94.3 Å². The minimum absolute atomic E-state index is 0.0654. The van der Waals surface area contributed by atoms with Gasteiger partial charge in [0.15, 0.2) is 6.61 Å². The summed E-state index contributed by atoms with van der Waals surface area (Å²) in [6, 6.07) is 12.9. The highest BCUT2D eigenvalue weighted by Crippen LogP contribution is 2.19. The van der Waals surface area contributed by atoms with Crippen LogP contribution in [-0.2, 0) is 14.3 Å². The van der Waals surface area contributed by atoms with E-state index in [0.717, 1.165) is 6.08 Å². The number of carbonyl (C=O) groups is 2. The lowest BCUT2D eigenvalue weighted by Gasteiger charge is -2.01. The van der Waals surface area contributed by atoms with Gasteiger partial charge >= 0.3 is 12.0 Å². The Balaban J connectivity index is 1.49. The highest BCUT2D eigenvalue weighted by molar-refractivity contribution is 6.30. The van der Waals surface area contributed by atoms with Crippen molar-refractivity contribution in [2.45, 2.75) is 0 Å². The van der Waals surface area contributed by atoms with Gasteiger partial charge in [0.2, 0.25) is 5.89 Å². The van der Waals surface area contributed by atoms with Crippen molar-refractivity contribution >= 4 is 35.6 Å². The van der Waals surface area contributed by atoms with Crippen LogP contribution in [0.15, 0.2) is 59.0 Å². The minimum Gasteiger partial charge on any atom is -0.452 e. The predicted molar refractivity (Wildman–Crippen MR) is 99.8 cm³/mol. The Labute approximate surface area is 163 Å². The van der Waals surface area contributed by atoms with Crippen molar-refractivity contribution in [3.63, 3.8) is 0 Å². The van der Waals surface area contributed by atoms with Crippen LogP contribution in [0.2, 0.25) is 5.02 Å². The first-order valence-electron chi connectivity index (χ1n) is 8.00. The summed E-state index contributed by atoms with van der Waals surface area (Å²) >= 11 is 5.65. The molecule has 2 aromatic carbocycles. The van der Waals surface area contributed by atoms with E-state index < -0.39 is 24.3 Å². The van der Waals surface area contributed by atoms with Gasteiger partial charge in [0.1, 0.15) is 5.82 Å². The lowest BCUT2D eigenvalue weighted by atomic mass is 10.2. The Morgan fingerprint density at radius 3 is 2.71 bits per heavy atom. The summed E-state index contributed by atoms with van der Waals surface area (Å²) in [5, 5.41) is 9.80. The number of esters is 1. The fourth-order valence-electron chi connectivity index (χ4n) is 2.09. The Hall–Kier alpha value is -3.52. The largest absolute Gasteiger partial charge is 0.452 e. The molecular formula is C19H13ClFN3O4. The van der Waals surface area contributed by atoms with Crippen LogP contribution in [0.4, 0.5) is 10.4 Å². The number of hydrogen-bond donors (Lipinski definition) is 1. The molecule has 0 saturated carbocycles. The maximum Gasteiger partial charge on any atom is 0.331 e. The summed E-state index contributed by atoms with van der Waals surface area (Å²) in [6.45, 7) is -0.545. The summed E-state index contributed by atoms with van der Waals surface area (Å²) in [5.41, 5.74) is 1.21. The SMILES string of the molecule is O=C(COC(=O)/C=C/c1ccc(F)c(Cl)c1)Nc1nnc(-c2ccccc2)o1. The first kappa shape index (κ1) is 19.2. The van der Waals surface area contributed by atoms with Gasteiger partial charge in [-0.15, -0.1) is 5.10 Å². The molecule has 0 fully saturated rings. The molecule has 142 valence electrons. The number of anilines is 1. The molecule has 3 rings (SSSR count). The zero-order valence-electron chi connectivity index (χ0n) is 14.3. The predicted octanol–water partition coefficient (Wildman–Crippen LogP) is 3.72. The molecule has 1 heterocycles. The molecule has 0 aliphatic carbocycles. The molecule has 28 heavy (non-hydrogen) atoms. The van der Waals surface area contributed by atoms with Gasteiger partial charge in [-0.25, -0.2) is 9.18 Å². The molecule has 1 N–H and O–H groups in total. The number of carbonyl (C=O) groups excluding carboxylic acids is 2. The molecule has 1 amide bonds. The van der Waals surface area contributed by atoms with Crippen LogP contribution >= 0.6 is 11.6 Å². The fourth-order valence-corrected chi connectivity index (χ4v) is 2.28. The third kappa shape index (κ3) is 5.24. The minimum atomic E-state index is -0.758. The number of hydrogen-bond acceptors (Lipinski definition) is 6. The van der Waals surface area contributed by atoms with E-state index in [-0.39, 0.29) is 16.9 Å². The second kappa shape index (κ2) is 8.92. The highest BCUT2D eigenvalue weighted by Gasteiger charge is 2.12. The first-order valence-corrected chi connectivity index (χ1v) is 8.38. The van der Waals surface area contributed by atoms with Crippen molar-refractivity contribution in [3.8, 4) is 11.5 Å². The Bertz CT molecular complexity index is 1020. The number of rotatable bonds is 6. The van der Waals surface area contributed by atoms with Crippen molar-refractivity contribution in [1.82, 2.24) is 10.2 Å². The van der Waals surface area contributed by atoms with E-state index in [2.05, 4.69) is 15.5 Å². The summed E-state index contributed by atoms with van der Waals surface area (Å²) in [4.78, 5) is 23.5. The monoisotopic (exact) mass is 401 g/mol. The smallest absolute Gasteiger partial charge is 0.331 e. The third-order valence-electron chi connectivity index (χ3n) is 3.39. The van der Waals surface area contributed by atoms with Crippen LogP contribution in [0.3, 0.4) is 0 Å². The lowest BCUT2D eigenvalue weighted by molar-refractivity contribution is -0.142. The van der Waals surface area contributed by atoms with Crippen molar-refractivity contribution in [2.24, 2.45) is 0 Å². The van der Waals surface area contributed by atoms with Crippen molar-refractivity contribution < 1.29 is 23.1 Å². The summed E-state index contributed by atoms with van der Waals surface area (Å²) in [5.74, 6) is -1.72. The van der Waals surface area contributed by atoms with E-state index in [0.29, 0.717) is 11.1 Å². The quantitative estimate of drug-likeness (QED) is 0.499. The van der Waals surface area contributed by atoms with E-state index in [4.69, 9.17) is 20.8 Å². The van der Waals surface area contributed by atoms with Gasteiger partial charge in [0, 0.05) is 11.6 Å². The Morgan fingerprint density at radius 1 is 1.18 bits per heavy atom. The lowest BCUT2D eigenvalue weighted by Crippen LogP contribution is -2.20. The summed E-state index contributed by atoms with van der Waals surface area (Å²) < 4.78 is 23.2. The molecule has 0 unspecified atom stereocenters. The molecule has 7 nitrogen and oxygen atoms in total. The second-order valence-corrected chi connectivity index (χ2v) is 5.85. The van der Waals surface area contributed by atoms with E-state index in [1.807, 2.05) is 18.2 Å². The molecule has 0 radical (unpaired) electrons. The van der Waals surface area contributed by atoms with E-state index in [1.165, 1.54) is 24.3 Å². The molecular weight excluding hydrogens is 389 g/mol. The van der Waals surface area contributed by atoms with Gasteiger partial charge in [-0.2, -0.15) is 0 Å². The van der Waals surface area contributed by atoms with Crippen molar-refractivity contribution in [2.75, 3.05) is 11.9 Å². The van der Waals surface area contributed by atoms with Crippen LogP contribution in [0.25, 0.3) is 17.5 Å². The van der Waals surface area contributed by atoms with E-state index >= 15 is 0 Å². The number of nitrogens with zero attached hydrogens (tertiary/aromatic N) is 2. The summed E-state index contributed by atoms with van der Waals surface area (Å²) in [7, 11) is 0. The maximum absolute atomic E-state index is 13.1.